The number of nitrogens with zero attached hydrogens (tertiary/aromatic N) is 2. The first-order valence-electron chi connectivity index (χ1n) is 3.47. The molecule has 0 aliphatic heterocycles. The normalized spacial score (nSPS) is 11.4. The van der Waals surface area contributed by atoms with Crippen LogP contribution in [0.4, 0.5) is 4.79 Å². The number of rotatable bonds is 0. The van der Waals surface area contributed by atoms with Crippen molar-refractivity contribution in [2.24, 2.45) is 4.99 Å². The number of hydrogen-bond donors (Lipinski definition) is 2. The van der Waals surface area contributed by atoms with Crippen LogP contribution in [0.15, 0.2) is 23.3 Å². The largest absolute Gasteiger partial charge is 0.428 e. The third kappa shape index (κ3) is 2.48. The Balaban J connectivity index is 3.10. The van der Waals surface area contributed by atoms with E-state index in [1.165, 1.54) is 25.4 Å². The lowest BCUT2D eigenvalue weighted by Gasteiger charge is -1.97. The van der Waals surface area contributed by atoms with Gasteiger partial charge in [0.1, 0.15) is 5.15 Å². The van der Waals surface area contributed by atoms with E-state index in [0.29, 0.717) is 5.36 Å². The predicted molar refractivity (Wildman–Crippen MR) is 46.6 cm³/mol. The number of nitrogens with one attached hydrogen (secondary N) is 1. The van der Waals surface area contributed by atoms with Gasteiger partial charge in [0.2, 0.25) is 0 Å². The molecular weight excluding hydrogens is 194 g/mol. The summed E-state index contributed by atoms with van der Waals surface area (Å²) in [6.07, 6.45) is 1.30. The van der Waals surface area contributed by atoms with Crippen LogP contribution in [-0.4, -0.2) is 23.0 Å². The maximum Gasteiger partial charge on any atom is 0.341 e. The lowest BCUT2D eigenvalue weighted by molar-refractivity contribution is 0.185. The molecule has 5 nitrogen and oxygen atoms in total. The molecule has 0 saturated carbocycles. The van der Waals surface area contributed by atoms with E-state index >= 15 is 0 Å². The molecule has 0 fully saturated rings. The van der Waals surface area contributed by atoms with Gasteiger partial charge >= 0.3 is 6.03 Å². The van der Waals surface area contributed by atoms with Crippen molar-refractivity contribution in [2.75, 3.05) is 7.05 Å². The SMILES string of the molecule is CNC(=O)/N=c1\ccn(O)c(Cl)c1. The highest BCUT2D eigenvalue weighted by atomic mass is 35.5. The molecule has 6 heteroatoms. The van der Waals surface area contributed by atoms with Crippen molar-refractivity contribution in [1.82, 2.24) is 10.0 Å². The molecule has 1 heterocycles. The Morgan fingerprint density at radius 2 is 2.46 bits per heavy atom. The summed E-state index contributed by atoms with van der Waals surface area (Å²) in [6, 6.07) is 2.37. The molecule has 0 unspecified atom stereocenters. The van der Waals surface area contributed by atoms with Gasteiger partial charge in [-0.25, -0.2) is 4.79 Å². The molecule has 2 N–H and O–H groups in total. The number of carbonyl (C=O) groups excluding carboxylic acids is 1. The second-order valence-electron chi connectivity index (χ2n) is 2.22. The van der Waals surface area contributed by atoms with Crippen molar-refractivity contribution in [3.8, 4) is 0 Å². The fraction of sp³-hybridized carbons (Fsp3) is 0.143. The Morgan fingerprint density at radius 3 is 3.00 bits per heavy atom. The molecule has 2 amide bonds. The number of urea groups is 1. The molecular formula is C7H8ClN3O2. The number of pyridine rings is 1. The fourth-order valence-corrected chi connectivity index (χ4v) is 0.865. The van der Waals surface area contributed by atoms with Crippen LogP contribution in [0.25, 0.3) is 0 Å². The summed E-state index contributed by atoms with van der Waals surface area (Å²) in [5, 5.41) is 11.8. The van der Waals surface area contributed by atoms with Gasteiger partial charge in [-0.15, -0.1) is 0 Å². The minimum atomic E-state index is -0.466. The zero-order valence-corrected chi connectivity index (χ0v) is 7.62. The summed E-state index contributed by atoms with van der Waals surface area (Å²) in [5.74, 6) is 0. The Morgan fingerprint density at radius 1 is 1.77 bits per heavy atom. The topological polar surface area (TPSA) is 66.6 Å². The average molecular weight is 202 g/mol. The minimum absolute atomic E-state index is 0.0881. The summed E-state index contributed by atoms with van der Waals surface area (Å²) in [6.45, 7) is 0. The van der Waals surface area contributed by atoms with E-state index < -0.39 is 6.03 Å². The number of hydrogen-bond acceptors (Lipinski definition) is 2. The highest BCUT2D eigenvalue weighted by molar-refractivity contribution is 6.29. The van der Waals surface area contributed by atoms with E-state index in [-0.39, 0.29) is 5.15 Å². The Labute approximate surface area is 79.2 Å². The van der Waals surface area contributed by atoms with Crippen LogP contribution in [0.1, 0.15) is 0 Å². The Kier molecular flexibility index (Phi) is 2.92. The highest BCUT2D eigenvalue weighted by Crippen LogP contribution is 2.00. The van der Waals surface area contributed by atoms with Gasteiger partial charge in [0.15, 0.2) is 0 Å². The lowest BCUT2D eigenvalue weighted by Crippen LogP contribution is -2.17. The zero-order chi connectivity index (χ0) is 9.84. The van der Waals surface area contributed by atoms with Crippen molar-refractivity contribution in [1.29, 1.82) is 0 Å². The van der Waals surface area contributed by atoms with Crippen LogP contribution in [0.3, 0.4) is 0 Å². The fourth-order valence-electron chi connectivity index (χ4n) is 0.697. The Bertz CT molecular complexity index is 386. The number of halogens is 1. The molecule has 0 atom stereocenters. The van der Waals surface area contributed by atoms with Gasteiger partial charge in [-0.05, 0) is 6.07 Å². The molecule has 0 spiro atoms. The van der Waals surface area contributed by atoms with E-state index in [9.17, 15) is 4.79 Å². The van der Waals surface area contributed by atoms with Gasteiger partial charge in [0.25, 0.3) is 0 Å². The average Bonchev–Trinajstić information content (AvgIpc) is 2.11. The molecule has 0 bridgehead atoms. The van der Waals surface area contributed by atoms with E-state index in [2.05, 4.69) is 10.3 Å². The van der Waals surface area contributed by atoms with Gasteiger partial charge in [-0.2, -0.15) is 9.72 Å². The van der Waals surface area contributed by atoms with Crippen LogP contribution in [0.2, 0.25) is 5.15 Å². The van der Waals surface area contributed by atoms with E-state index in [1.807, 2.05) is 0 Å². The van der Waals surface area contributed by atoms with Crippen molar-refractivity contribution < 1.29 is 10.0 Å². The van der Waals surface area contributed by atoms with Gasteiger partial charge in [-0.1, -0.05) is 11.6 Å². The van der Waals surface area contributed by atoms with Crippen LogP contribution in [0.5, 0.6) is 0 Å². The van der Waals surface area contributed by atoms with Crippen LogP contribution in [0, 0.1) is 0 Å². The molecule has 1 rings (SSSR count). The maximum absolute atomic E-state index is 10.8. The second kappa shape index (κ2) is 3.95. The second-order valence-corrected chi connectivity index (χ2v) is 2.61. The zero-order valence-electron chi connectivity index (χ0n) is 6.86. The smallest absolute Gasteiger partial charge is 0.341 e. The van der Waals surface area contributed by atoms with Crippen LogP contribution >= 0.6 is 11.6 Å². The lowest BCUT2D eigenvalue weighted by atomic mass is 10.5. The third-order valence-electron chi connectivity index (χ3n) is 1.32. The molecule has 0 aromatic carbocycles. The summed E-state index contributed by atoms with van der Waals surface area (Å²) < 4.78 is 0.727. The number of amides is 2. The molecule has 0 aliphatic rings. The van der Waals surface area contributed by atoms with E-state index in [1.54, 1.807) is 0 Å². The van der Waals surface area contributed by atoms with E-state index in [4.69, 9.17) is 16.8 Å². The summed E-state index contributed by atoms with van der Waals surface area (Å²) in [7, 11) is 1.47. The first kappa shape index (κ1) is 9.60. The van der Waals surface area contributed by atoms with Gasteiger partial charge in [0.05, 0.1) is 5.36 Å². The first-order valence-corrected chi connectivity index (χ1v) is 3.85. The summed E-state index contributed by atoms with van der Waals surface area (Å²) >= 11 is 5.56. The number of carbonyl (C=O) groups is 1. The van der Waals surface area contributed by atoms with Crippen LogP contribution in [-0.2, 0) is 0 Å². The predicted octanol–water partition coefficient (Wildman–Crippen LogP) is 0.619. The quantitative estimate of drug-likeness (QED) is 0.477. The van der Waals surface area contributed by atoms with Crippen molar-refractivity contribution in [3.05, 3.63) is 28.8 Å². The molecule has 0 radical (unpaired) electrons. The Hall–Kier alpha value is -1.49. The van der Waals surface area contributed by atoms with Crippen molar-refractivity contribution in [2.45, 2.75) is 0 Å². The molecule has 70 valence electrons. The standard InChI is InChI=1S/C7H8ClN3O2/c1-9-7(12)10-5-2-3-11(13)6(8)4-5/h2-4,13H,1H3,(H,9,12)/b10-5+. The van der Waals surface area contributed by atoms with E-state index in [0.717, 1.165) is 4.73 Å². The molecule has 0 aliphatic carbocycles. The molecule has 1 aromatic heterocycles. The number of aromatic nitrogens is 1. The van der Waals surface area contributed by atoms with Crippen LogP contribution < -0.4 is 10.7 Å². The molecule has 13 heavy (non-hydrogen) atoms. The molecule has 0 saturated heterocycles. The monoisotopic (exact) mass is 201 g/mol. The molecule has 1 aromatic rings. The van der Waals surface area contributed by atoms with Gasteiger partial charge < -0.3 is 10.5 Å². The van der Waals surface area contributed by atoms with Crippen molar-refractivity contribution in [3.63, 3.8) is 0 Å². The summed E-state index contributed by atoms with van der Waals surface area (Å²) in [5.41, 5.74) is 0. The van der Waals surface area contributed by atoms with Gasteiger partial charge in [-0.3, -0.25) is 0 Å². The minimum Gasteiger partial charge on any atom is -0.428 e. The summed E-state index contributed by atoms with van der Waals surface area (Å²) in [4.78, 5) is 14.4. The van der Waals surface area contributed by atoms with Gasteiger partial charge in [0, 0.05) is 19.3 Å². The van der Waals surface area contributed by atoms with Crippen molar-refractivity contribution >= 4 is 17.6 Å². The third-order valence-corrected chi connectivity index (χ3v) is 1.60. The maximum atomic E-state index is 10.8. The first-order chi connectivity index (χ1) is 6.13. The highest BCUT2D eigenvalue weighted by Gasteiger charge is 1.95.